The highest BCUT2D eigenvalue weighted by molar-refractivity contribution is 5.61. The molecule has 2 nitrogen and oxygen atoms in total. The average Bonchev–Trinajstić information content (AvgIpc) is 2.63. The van der Waals surface area contributed by atoms with Gasteiger partial charge in [0.2, 0.25) is 0 Å². The molecule has 0 aliphatic carbocycles. The van der Waals surface area contributed by atoms with Gasteiger partial charge in [-0.3, -0.25) is 0 Å². The van der Waals surface area contributed by atoms with Gasteiger partial charge in [0.05, 0.1) is 0 Å². The molecule has 78 valence electrons. The van der Waals surface area contributed by atoms with E-state index in [0.29, 0.717) is 6.54 Å². The molecule has 0 saturated carbocycles. The molecule has 1 aromatic heterocycles. The van der Waals surface area contributed by atoms with Crippen molar-refractivity contribution < 1.29 is 0 Å². The molecule has 0 bridgehead atoms. The highest BCUT2D eigenvalue weighted by Crippen LogP contribution is 2.21. The molecule has 0 saturated heterocycles. The summed E-state index contributed by atoms with van der Waals surface area (Å²) in [5.41, 5.74) is 10.5. The smallest absolute Gasteiger partial charge is 0.0458 e. The number of hydrogen-bond acceptors (Lipinski definition) is 1. The maximum atomic E-state index is 5.56. The van der Waals surface area contributed by atoms with Crippen LogP contribution in [0.25, 0.3) is 11.3 Å². The number of hydrogen-bond donors (Lipinski definition) is 2. The van der Waals surface area contributed by atoms with Crippen LogP contribution in [0, 0.1) is 6.92 Å². The summed E-state index contributed by atoms with van der Waals surface area (Å²) in [6.45, 7) is 2.80. The molecule has 0 aliphatic heterocycles. The third-order valence-corrected chi connectivity index (χ3v) is 2.62. The Kier molecular flexibility index (Phi) is 2.88. The molecule has 0 unspecified atom stereocenters. The molecule has 2 rings (SSSR count). The molecule has 2 heteroatoms. The predicted molar refractivity (Wildman–Crippen MR) is 63.7 cm³/mol. The first-order valence-corrected chi connectivity index (χ1v) is 5.25. The van der Waals surface area contributed by atoms with Gasteiger partial charge in [0, 0.05) is 11.4 Å². The first-order chi connectivity index (χ1) is 7.31. The average molecular weight is 200 g/mol. The normalized spacial score (nSPS) is 10.5. The van der Waals surface area contributed by atoms with Crippen LogP contribution in [0.4, 0.5) is 0 Å². The summed E-state index contributed by atoms with van der Waals surface area (Å²) < 4.78 is 0. The second-order valence-corrected chi connectivity index (χ2v) is 3.74. The van der Waals surface area contributed by atoms with E-state index in [1.165, 1.54) is 22.5 Å². The van der Waals surface area contributed by atoms with E-state index in [-0.39, 0.29) is 0 Å². The van der Waals surface area contributed by atoms with Crippen LogP contribution in [-0.2, 0) is 6.42 Å². The third-order valence-electron chi connectivity index (χ3n) is 2.62. The van der Waals surface area contributed by atoms with Crippen LogP contribution in [-0.4, -0.2) is 11.5 Å². The van der Waals surface area contributed by atoms with Crippen molar-refractivity contribution >= 4 is 0 Å². The van der Waals surface area contributed by atoms with E-state index in [4.69, 9.17) is 5.73 Å². The van der Waals surface area contributed by atoms with Crippen molar-refractivity contribution in [2.75, 3.05) is 6.54 Å². The Balaban J connectivity index is 2.34. The van der Waals surface area contributed by atoms with Gasteiger partial charge in [-0.15, -0.1) is 0 Å². The van der Waals surface area contributed by atoms with Gasteiger partial charge in [-0.1, -0.05) is 30.3 Å². The highest BCUT2D eigenvalue weighted by atomic mass is 14.7. The lowest BCUT2D eigenvalue weighted by Crippen LogP contribution is -2.02. The summed E-state index contributed by atoms with van der Waals surface area (Å²) in [7, 11) is 0. The molecule has 0 aliphatic rings. The third kappa shape index (κ3) is 2.10. The minimum Gasteiger partial charge on any atom is -0.358 e. The fraction of sp³-hybridized carbons (Fsp3) is 0.231. The quantitative estimate of drug-likeness (QED) is 0.785. The maximum absolute atomic E-state index is 5.56. The predicted octanol–water partition coefficient (Wildman–Crippen LogP) is 2.49. The fourth-order valence-corrected chi connectivity index (χ4v) is 1.79. The van der Waals surface area contributed by atoms with E-state index < -0.39 is 0 Å². The van der Waals surface area contributed by atoms with Gasteiger partial charge in [0.15, 0.2) is 0 Å². The molecule has 0 amide bonds. The van der Waals surface area contributed by atoms with E-state index in [1.807, 2.05) is 18.2 Å². The van der Waals surface area contributed by atoms with Gasteiger partial charge in [-0.05, 0) is 37.1 Å². The lowest BCUT2D eigenvalue weighted by Gasteiger charge is -1.95. The van der Waals surface area contributed by atoms with Crippen LogP contribution in [0.15, 0.2) is 36.4 Å². The van der Waals surface area contributed by atoms with Gasteiger partial charge in [0.1, 0.15) is 0 Å². The summed E-state index contributed by atoms with van der Waals surface area (Å²) >= 11 is 0. The Hall–Kier alpha value is -1.54. The topological polar surface area (TPSA) is 41.8 Å². The van der Waals surface area contributed by atoms with Gasteiger partial charge in [-0.2, -0.15) is 0 Å². The van der Waals surface area contributed by atoms with E-state index in [1.54, 1.807) is 0 Å². The Morgan fingerprint density at radius 3 is 2.60 bits per heavy atom. The van der Waals surface area contributed by atoms with Crippen molar-refractivity contribution in [2.24, 2.45) is 5.73 Å². The van der Waals surface area contributed by atoms with Gasteiger partial charge < -0.3 is 10.7 Å². The number of benzene rings is 1. The summed E-state index contributed by atoms with van der Waals surface area (Å²) in [4.78, 5) is 3.39. The Morgan fingerprint density at radius 2 is 1.93 bits per heavy atom. The second kappa shape index (κ2) is 4.32. The van der Waals surface area contributed by atoms with Crippen LogP contribution < -0.4 is 5.73 Å². The molecule has 0 radical (unpaired) electrons. The first-order valence-electron chi connectivity index (χ1n) is 5.25. The van der Waals surface area contributed by atoms with Gasteiger partial charge >= 0.3 is 0 Å². The summed E-state index contributed by atoms with van der Waals surface area (Å²) in [6, 6.07) is 12.5. The Bertz CT molecular complexity index is 429. The standard InChI is InChI=1S/C13H16N2/c1-10-12(7-8-14)9-13(15-10)11-5-3-2-4-6-11/h2-6,9,15H,7-8,14H2,1H3. The minimum absolute atomic E-state index is 0.701. The van der Waals surface area contributed by atoms with Crippen LogP contribution in [0.1, 0.15) is 11.3 Å². The van der Waals surface area contributed by atoms with Crippen molar-refractivity contribution in [3.8, 4) is 11.3 Å². The molecule has 0 spiro atoms. The zero-order valence-electron chi connectivity index (χ0n) is 8.96. The highest BCUT2D eigenvalue weighted by Gasteiger charge is 2.04. The zero-order chi connectivity index (χ0) is 10.7. The Labute approximate surface area is 90.1 Å². The summed E-state index contributed by atoms with van der Waals surface area (Å²) in [5.74, 6) is 0. The number of nitrogens with two attached hydrogens (primary N) is 1. The number of aromatic amines is 1. The minimum atomic E-state index is 0.701. The number of nitrogens with one attached hydrogen (secondary N) is 1. The number of H-pyrrole nitrogens is 1. The number of aryl methyl sites for hydroxylation is 1. The van der Waals surface area contributed by atoms with Crippen molar-refractivity contribution in [2.45, 2.75) is 13.3 Å². The SMILES string of the molecule is Cc1[nH]c(-c2ccccc2)cc1CCN. The van der Waals surface area contributed by atoms with E-state index in [2.05, 4.69) is 30.1 Å². The van der Waals surface area contributed by atoms with E-state index in [0.717, 1.165) is 6.42 Å². The largest absolute Gasteiger partial charge is 0.358 e. The van der Waals surface area contributed by atoms with E-state index in [9.17, 15) is 0 Å². The first kappa shape index (κ1) is 9.99. The maximum Gasteiger partial charge on any atom is 0.0458 e. The molecule has 2 aromatic rings. The molecule has 0 atom stereocenters. The van der Waals surface area contributed by atoms with Crippen molar-refractivity contribution in [3.05, 3.63) is 47.7 Å². The lowest BCUT2D eigenvalue weighted by molar-refractivity contribution is 0.957. The molecule has 15 heavy (non-hydrogen) atoms. The fourth-order valence-electron chi connectivity index (χ4n) is 1.79. The van der Waals surface area contributed by atoms with Crippen molar-refractivity contribution in [3.63, 3.8) is 0 Å². The monoisotopic (exact) mass is 200 g/mol. The molecule has 1 aromatic carbocycles. The lowest BCUT2D eigenvalue weighted by atomic mass is 10.1. The number of rotatable bonds is 3. The molecular weight excluding hydrogens is 184 g/mol. The van der Waals surface area contributed by atoms with Gasteiger partial charge in [-0.25, -0.2) is 0 Å². The van der Waals surface area contributed by atoms with Crippen molar-refractivity contribution in [1.29, 1.82) is 0 Å². The zero-order valence-corrected chi connectivity index (χ0v) is 8.96. The Morgan fingerprint density at radius 1 is 1.20 bits per heavy atom. The number of aromatic nitrogens is 1. The van der Waals surface area contributed by atoms with E-state index >= 15 is 0 Å². The van der Waals surface area contributed by atoms with Crippen molar-refractivity contribution in [1.82, 2.24) is 4.98 Å². The molecule has 0 fully saturated rings. The summed E-state index contributed by atoms with van der Waals surface area (Å²) in [5, 5.41) is 0. The molecule has 3 N–H and O–H groups in total. The molecular formula is C13H16N2. The molecule has 1 heterocycles. The van der Waals surface area contributed by atoms with Crippen LogP contribution >= 0.6 is 0 Å². The van der Waals surface area contributed by atoms with Gasteiger partial charge in [0.25, 0.3) is 0 Å². The van der Waals surface area contributed by atoms with Crippen LogP contribution in [0.5, 0.6) is 0 Å². The van der Waals surface area contributed by atoms with Crippen LogP contribution in [0.3, 0.4) is 0 Å². The van der Waals surface area contributed by atoms with Crippen LogP contribution in [0.2, 0.25) is 0 Å². The summed E-state index contributed by atoms with van der Waals surface area (Å²) in [6.07, 6.45) is 0.940. The second-order valence-electron chi connectivity index (χ2n) is 3.74.